The largest absolute Gasteiger partial charge is 0.388 e. The Kier molecular flexibility index (Phi) is 4.60. The molecule has 0 amide bonds. The van der Waals surface area contributed by atoms with Crippen molar-refractivity contribution in [2.45, 2.75) is 13.0 Å². The zero-order chi connectivity index (χ0) is 14.4. The van der Waals surface area contributed by atoms with Crippen LogP contribution in [-0.2, 0) is 6.54 Å². The van der Waals surface area contributed by atoms with E-state index in [4.69, 9.17) is 11.1 Å². The van der Waals surface area contributed by atoms with Crippen LogP contribution in [0, 0.1) is 11.2 Å². The van der Waals surface area contributed by atoms with E-state index < -0.39 is 0 Å². The van der Waals surface area contributed by atoms with Gasteiger partial charge >= 0.3 is 0 Å². The third-order valence-electron chi connectivity index (χ3n) is 2.79. The van der Waals surface area contributed by atoms with E-state index in [1.54, 1.807) is 29.6 Å². The molecule has 0 spiro atoms. The predicted octanol–water partition coefficient (Wildman–Crippen LogP) is 1.95. The lowest BCUT2D eigenvalue weighted by Crippen LogP contribution is -2.29. The van der Waals surface area contributed by atoms with Gasteiger partial charge in [-0.15, -0.1) is 0 Å². The third kappa shape index (κ3) is 3.74. The molecule has 104 valence electrons. The number of aromatic nitrogens is 2. The molecule has 6 heteroatoms. The molecule has 0 radical (unpaired) electrons. The van der Waals surface area contributed by atoms with Gasteiger partial charge in [0, 0.05) is 38.1 Å². The van der Waals surface area contributed by atoms with E-state index in [0.29, 0.717) is 19.5 Å². The molecule has 2 aromatic heterocycles. The minimum atomic E-state index is -0.389. The van der Waals surface area contributed by atoms with E-state index in [1.165, 1.54) is 6.07 Å². The monoisotopic (exact) mass is 273 g/mol. The Morgan fingerprint density at radius 2 is 2.10 bits per heavy atom. The second kappa shape index (κ2) is 6.60. The molecule has 0 aliphatic carbocycles. The zero-order valence-electron chi connectivity index (χ0n) is 11.0. The maximum absolute atomic E-state index is 13.9. The first kappa shape index (κ1) is 13.9. The van der Waals surface area contributed by atoms with Crippen LogP contribution in [0.4, 0.5) is 10.2 Å². The van der Waals surface area contributed by atoms with Crippen molar-refractivity contribution < 1.29 is 4.39 Å². The lowest BCUT2D eigenvalue weighted by Gasteiger charge is -2.23. The van der Waals surface area contributed by atoms with Crippen LogP contribution in [-0.4, -0.2) is 22.3 Å². The number of nitrogens with zero attached hydrogens (tertiary/aromatic N) is 3. The maximum Gasteiger partial charge on any atom is 0.165 e. The van der Waals surface area contributed by atoms with Gasteiger partial charge in [-0.3, -0.25) is 10.4 Å². The molecule has 0 bridgehead atoms. The van der Waals surface area contributed by atoms with E-state index in [0.717, 1.165) is 5.56 Å². The van der Waals surface area contributed by atoms with Gasteiger partial charge in [-0.2, -0.15) is 0 Å². The van der Waals surface area contributed by atoms with E-state index in [1.807, 2.05) is 12.1 Å². The van der Waals surface area contributed by atoms with Crippen molar-refractivity contribution in [2.75, 3.05) is 11.4 Å². The summed E-state index contributed by atoms with van der Waals surface area (Å²) in [6.07, 6.45) is 5.31. The Morgan fingerprint density at radius 3 is 2.75 bits per heavy atom. The fraction of sp³-hybridized carbons (Fsp3) is 0.214. The van der Waals surface area contributed by atoms with E-state index in [9.17, 15) is 4.39 Å². The van der Waals surface area contributed by atoms with Crippen LogP contribution in [0.15, 0.2) is 42.9 Å². The topological polar surface area (TPSA) is 78.9 Å². The fourth-order valence-corrected chi connectivity index (χ4v) is 1.84. The van der Waals surface area contributed by atoms with Crippen LogP contribution >= 0.6 is 0 Å². The van der Waals surface area contributed by atoms with Gasteiger partial charge in [0.25, 0.3) is 0 Å². The number of rotatable bonds is 6. The lowest BCUT2D eigenvalue weighted by atomic mass is 10.2. The number of pyridine rings is 2. The number of halogens is 1. The van der Waals surface area contributed by atoms with Gasteiger partial charge in [0.05, 0.1) is 5.84 Å². The Bertz CT molecular complexity index is 573. The third-order valence-corrected chi connectivity index (χ3v) is 2.79. The molecular formula is C14H16FN5. The van der Waals surface area contributed by atoms with Crippen molar-refractivity contribution in [3.63, 3.8) is 0 Å². The van der Waals surface area contributed by atoms with Crippen molar-refractivity contribution in [2.24, 2.45) is 5.73 Å². The summed E-state index contributed by atoms with van der Waals surface area (Å²) in [6.45, 7) is 0.896. The van der Waals surface area contributed by atoms with Gasteiger partial charge in [-0.05, 0) is 23.8 Å². The first-order valence-electron chi connectivity index (χ1n) is 6.24. The van der Waals surface area contributed by atoms with Crippen molar-refractivity contribution in [1.29, 1.82) is 5.41 Å². The predicted molar refractivity (Wildman–Crippen MR) is 76.0 cm³/mol. The first-order valence-corrected chi connectivity index (χ1v) is 6.24. The number of hydrogen-bond acceptors (Lipinski definition) is 4. The highest BCUT2D eigenvalue weighted by Crippen LogP contribution is 2.18. The van der Waals surface area contributed by atoms with Gasteiger partial charge in [-0.25, -0.2) is 9.37 Å². The summed E-state index contributed by atoms with van der Waals surface area (Å²) in [5.74, 6) is -0.0601. The van der Waals surface area contributed by atoms with E-state index >= 15 is 0 Å². The highest BCUT2D eigenvalue weighted by atomic mass is 19.1. The van der Waals surface area contributed by atoms with Gasteiger partial charge in [0.15, 0.2) is 11.6 Å². The highest BCUT2D eigenvalue weighted by molar-refractivity contribution is 5.77. The average Bonchev–Trinajstić information content (AvgIpc) is 2.45. The summed E-state index contributed by atoms with van der Waals surface area (Å²) in [5, 5.41) is 7.31. The molecule has 0 aliphatic heterocycles. The number of amidine groups is 1. The van der Waals surface area contributed by atoms with Crippen molar-refractivity contribution in [1.82, 2.24) is 9.97 Å². The van der Waals surface area contributed by atoms with Crippen LogP contribution in [0.25, 0.3) is 0 Å². The minimum Gasteiger partial charge on any atom is -0.388 e. The lowest BCUT2D eigenvalue weighted by molar-refractivity contribution is 0.607. The number of nitrogens with one attached hydrogen (secondary N) is 1. The summed E-state index contributed by atoms with van der Waals surface area (Å²) in [5.41, 5.74) is 6.33. The van der Waals surface area contributed by atoms with Crippen molar-refractivity contribution in [3.8, 4) is 0 Å². The van der Waals surface area contributed by atoms with Gasteiger partial charge in [-0.1, -0.05) is 6.07 Å². The molecule has 20 heavy (non-hydrogen) atoms. The molecule has 2 heterocycles. The molecule has 3 N–H and O–H groups in total. The average molecular weight is 273 g/mol. The second-order valence-electron chi connectivity index (χ2n) is 4.37. The summed E-state index contributed by atoms with van der Waals surface area (Å²) in [6, 6.07) is 6.65. The first-order chi connectivity index (χ1) is 9.66. The standard InChI is InChI=1S/C14H16FN5/c15-12-4-2-7-19-14(12)20(8-5-13(16)17)10-11-3-1-6-18-9-11/h1-4,6-7,9H,5,8,10H2,(H3,16,17). The van der Waals surface area contributed by atoms with Crippen LogP contribution in [0.5, 0.6) is 0 Å². The number of anilines is 1. The smallest absolute Gasteiger partial charge is 0.165 e. The number of hydrogen-bond donors (Lipinski definition) is 2. The quantitative estimate of drug-likeness (QED) is 0.623. The van der Waals surface area contributed by atoms with Crippen molar-refractivity contribution >= 4 is 11.7 Å². The maximum atomic E-state index is 13.9. The van der Waals surface area contributed by atoms with Crippen LogP contribution in [0.2, 0.25) is 0 Å². The van der Waals surface area contributed by atoms with Crippen LogP contribution in [0.3, 0.4) is 0 Å². The van der Waals surface area contributed by atoms with Crippen molar-refractivity contribution in [3.05, 3.63) is 54.2 Å². The normalized spacial score (nSPS) is 10.2. The van der Waals surface area contributed by atoms with E-state index in [-0.39, 0.29) is 17.5 Å². The molecule has 0 aliphatic rings. The summed E-state index contributed by atoms with van der Waals surface area (Å²) >= 11 is 0. The summed E-state index contributed by atoms with van der Waals surface area (Å²) < 4.78 is 13.9. The Balaban J connectivity index is 2.20. The molecule has 0 aromatic carbocycles. The number of nitrogens with two attached hydrogens (primary N) is 1. The van der Waals surface area contributed by atoms with Gasteiger partial charge in [0.2, 0.25) is 0 Å². The molecule has 5 nitrogen and oxygen atoms in total. The second-order valence-corrected chi connectivity index (χ2v) is 4.37. The Hall–Kier alpha value is -2.50. The molecule has 2 rings (SSSR count). The highest BCUT2D eigenvalue weighted by Gasteiger charge is 2.13. The molecular weight excluding hydrogens is 257 g/mol. The Morgan fingerprint density at radius 1 is 1.30 bits per heavy atom. The zero-order valence-corrected chi connectivity index (χ0v) is 11.0. The molecule has 0 saturated heterocycles. The van der Waals surface area contributed by atoms with Crippen LogP contribution < -0.4 is 10.6 Å². The molecule has 0 saturated carbocycles. The molecule has 0 unspecified atom stereocenters. The molecule has 0 atom stereocenters. The molecule has 0 fully saturated rings. The molecule has 2 aromatic rings. The minimum absolute atomic E-state index is 0.0672. The summed E-state index contributed by atoms with van der Waals surface area (Å²) in [4.78, 5) is 9.87. The SMILES string of the molecule is N=C(N)CCN(Cc1cccnc1)c1ncccc1F. The van der Waals surface area contributed by atoms with Gasteiger partial charge < -0.3 is 10.6 Å². The van der Waals surface area contributed by atoms with Crippen LogP contribution in [0.1, 0.15) is 12.0 Å². The van der Waals surface area contributed by atoms with Gasteiger partial charge in [0.1, 0.15) is 0 Å². The Labute approximate surface area is 116 Å². The summed E-state index contributed by atoms with van der Waals surface area (Å²) in [7, 11) is 0. The fourth-order valence-electron chi connectivity index (χ4n) is 1.84. The van der Waals surface area contributed by atoms with E-state index in [2.05, 4.69) is 9.97 Å².